The Labute approximate surface area is 86.6 Å². The molecular weight excluding hydrogens is 198 g/mol. The third-order valence-electron chi connectivity index (χ3n) is 1.82. The molecule has 2 rings (SSSR count). The quantitative estimate of drug-likeness (QED) is 0.778. The summed E-state index contributed by atoms with van der Waals surface area (Å²) < 4.78 is 0. The normalized spacial score (nSPS) is 10.1. The van der Waals surface area contributed by atoms with Crippen LogP contribution in [0.1, 0.15) is 0 Å². The lowest BCUT2D eigenvalue weighted by Crippen LogP contribution is -1.91. The van der Waals surface area contributed by atoms with E-state index in [1.807, 2.05) is 18.2 Å². The summed E-state index contributed by atoms with van der Waals surface area (Å²) in [6.07, 6.45) is 3.34. The van der Waals surface area contributed by atoms with Crippen molar-refractivity contribution in [3.05, 3.63) is 41.7 Å². The summed E-state index contributed by atoms with van der Waals surface area (Å²) in [5.74, 6) is 0.412. The van der Waals surface area contributed by atoms with E-state index in [2.05, 4.69) is 9.97 Å². The molecule has 0 atom stereocenters. The lowest BCUT2D eigenvalue weighted by atomic mass is 10.2. The van der Waals surface area contributed by atoms with E-state index in [-0.39, 0.29) is 0 Å². The van der Waals surface area contributed by atoms with Crippen molar-refractivity contribution in [2.24, 2.45) is 0 Å². The Balaban J connectivity index is 2.53. The van der Waals surface area contributed by atoms with Crippen LogP contribution in [0.15, 0.2) is 36.7 Å². The third-order valence-corrected chi connectivity index (χ3v) is 2.13. The van der Waals surface area contributed by atoms with Crippen molar-refractivity contribution in [1.29, 1.82) is 0 Å². The third kappa shape index (κ3) is 1.67. The molecule has 0 spiro atoms. The van der Waals surface area contributed by atoms with Gasteiger partial charge < -0.3 is 5.73 Å². The molecular formula is C10H8ClN3. The number of hydrogen-bond acceptors (Lipinski definition) is 3. The summed E-state index contributed by atoms with van der Waals surface area (Å²) in [6, 6.07) is 7.24. The van der Waals surface area contributed by atoms with Gasteiger partial charge in [-0.25, -0.2) is 4.98 Å². The molecule has 0 bridgehead atoms. The summed E-state index contributed by atoms with van der Waals surface area (Å²) in [4.78, 5) is 8.14. The second-order valence-corrected chi connectivity index (χ2v) is 3.21. The average molecular weight is 206 g/mol. The fourth-order valence-corrected chi connectivity index (χ4v) is 1.41. The minimum Gasteiger partial charge on any atom is -0.384 e. The van der Waals surface area contributed by atoms with Crippen LogP contribution in [0.25, 0.3) is 11.3 Å². The van der Waals surface area contributed by atoms with Crippen LogP contribution in [-0.2, 0) is 0 Å². The maximum absolute atomic E-state index is 6.00. The molecule has 0 saturated carbocycles. The molecule has 0 unspecified atom stereocenters. The average Bonchev–Trinajstić information content (AvgIpc) is 2.19. The summed E-state index contributed by atoms with van der Waals surface area (Å²) in [7, 11) is 0. The monoisotopic (exact) mass is 205 g/mol. The van der Waals surface area contributed by atoms with Crippen molar-refractivity contribution in [2.75, 3.05) is 5.73 Å². The number of nitrogen functional groups attached to an aromatic ring is 1. The Morgan fingerprint density at radius 2 is 2.07 bits per heavy atom. The number of aromatic nitrogens is 2. The molecule has 3 nitrogen and oxygen atoms in total. The zero-order chi connectivity index (χ0) is 9.97. The molecule has 70 valence electrons. The highest BCUT2D eigenvalue weighted by Crippen LogP contribution is 2.25. The largest absolute Gasteiger partial charge is 0.384 e. The number of nitrogens with zero attached hydrogens (tertiary/aromatic N) is 2. The fraction of sp³-hybridized carbons (Fsp3) is 0. The number of pyridine rings is 2. The van der Waals surface area contributed by atoms with Crippen molar-refractivity contribution < 1.29 is 0 Å². The first-order valence-electron chi connectivity index (χ1n) is 4.10. The molecule has 2 N–H and O–H groups in total. The summed E-state index contributed by atoms with van der Waals surface area (Å²) in [6.45, 7) is 0. The van der Waals surface area contributed by atoms with E-state index in [4.69, 9.17) is 17.3 Å². The molecule has 2 heterocycles. The van der Waals surface area contributed by atoms with Gasteiger partial charge in [0, 0.05) is 18.0 Å². The van der Waals surface area contributed by atoms with Crippen LogP contribution in [0.2, 0.25) is 5.02 Å². The molecule has 0 aliphatic carbocycles. The second-order valence-electron chi connectivity index (χ2n) is 2.80. The van der Waals surface area contributed by atoms with Gasteiger partial charge in [0.05, 0.1) is 10.7 Å². The van der Waals surface area contributed by atoms with E-state index in [0.29, 0.717) is 10.8 Å². The molecule has 2 aromatic heterocycles. The Morgan fingerprint density at radius 3 is 2.71 bits per heavy atom. The first-order valence-corrected chi connectivity index (χ1v) is 4.47. The van der Waals surface area contributed by atoms with Gasteiger partial charge in [-0.1, -0.05) is 17.7 Å². The van der Waals surface area contributed by atoms with Crippen molar-refractivity contribution in [2.45, 2.75) is 0 Å². The first-order chi connectivity index (χ1) is 6.77. The highest BCUT2D eigenvalue weighted by Gasteiger charge is 2.04. The summed E-state index contributed by atoms with van der Waals surface area (Å²) >= 11 is 6.00. The van der Waals surface area contributed by atoms with Crippen LogP contribution in [0, 0.1) is 0 Å². The Hall–Kier alpha value is -1.61. The zero-order valence-electron chi connectivity index (χ0n) is 7.31. The minimum absolute atomic E-state index is 0.412. The molecule has 0 fully saturated rings. The predicted octanol–water partition coefficient (Wildman–Crippen LogP) is 2.38. The molecule has 0 aliphatic heterocycles. The topological polar surface area (TPSA) is 51.8 Å². The molecule has 0 amide bonds. The first kappa shape index (κ1) is 8.97. The van der Waals surface area contributed by atoms with E-state index in [0.717, 1.165) is 11.3 Å². The van der Waals surface area contributed by atoms with Crippen LogP contribution >= 0.6 is 11.6 Å². The van der Waals surface area contributed by atoms with Crippen LogP contribution in [0.5, 0.6) is 0 Å². The highest BCUT2D eigenvalue weighted by molar-refractivity contribution is 6.33. The predicted molar refractivity (Wildman–Crippen MR) is 56.9 cm³/mol. The molecule has 0 saturated heterocycles. The SMILES string of the molecule is Nc1cc(Cl)c(-c2ccccn2)cn1. The maximum Gasteiger partial charge on any atom is 0.124 e. The lowest BCUT2D eigenvalue weighted by molar-refractivity contribution is 1.28. The number of halogens is 1. The Bertz CT molecular complexity index is 442. The van der Waals surface area contributed by atoms with Gasteiger partial charge in [-0.05, 0) is 18.2 Å². The van der Waals surface area contributed by atoms with Crippen molar-refractivity contribution >= 4 is 17.4 Å². The molecule has 0 aliphatic rings. The number of nitrogens with two attached hydrogens (primary N) is 1. The molecule has 4 heteroatoms. The van der Waals surface area contributed by atoms with E-state index < -0.39 is 0 Å². The van der Waals surface area contributed by atoms with E-state index in [9.17, 15) is 0 Å². The number of rotatable bonds is 1. The highest BCUT2D eigenvalue weighted by atomic mass is 35.5. The van der Waals surface area contributed by atoms with Gasteiger partial charge in [-0.15, -0.1) is 0 Å². The van der Waals surface area contributed by atoms with Crippen LogP contribution in [0.3, 0.4) is 0 Å². The second kappa shape index (κ2) is 3.64. The van der Waals surface area contributed by atoms with Crippen molar-refractivity contribution in [3.8, 4) is 11.3 Å². The van der Waals surface area contributed by atoms with Gasteiger partial charge in [0.2, 0.25) is 0 Å². The van der Waals surface area contributed by atoms with Gasteiger partial charge in [0.1, 0.15) is 5.82 Å². The van der Waals surface area contributed by atoms with Crippen LogP contribution < -0.4 is 5.73 Å². The van der Waals surface area contributed by atoms with Gasteiger partial charge in [-0.3, -0.25) is 4.98 Å². The Kier molecular flexibility index (Phi) is 2.33. The van der Waals surface area contributed by atoms with E-state index >= 15 is 0 Å². The van der Waals surface area contributed by atoms with Crippen molar-refractivity contribution in [3.63, 3.8) is 0 Å². The smallest absolute Gasteiger partial charge is 0.124 e. The van der Waals surface area contributed by atoms with Crippen LogP contribution in [-0.4, -0.2) is 9.97 Å². The molecule has 14 heavy (non-hydrogen) atoms. The molecule has 2 aromatic rings. The zero-order valence-corrected chi connectivity index (χ0v) is 8.07. The van der Waals surface area contributed by atoms with Crippen LogP contribution in [0.4, 0.5) is 5.82 Å². The number of hydrogen-bond donors (Lipinski definition) is 1. The molecule has 0 radical (unpaired) electrons. The van der Waals surface area contributed by atoms with Gasteiger partial charge >= 0.3 is 0 Å². The maximum atomic E-state index is 6.00. The van der Waals surface area contributed by atoms with Gasteiger partial charge in [-0.2, -0.15) is 0 Å². The van der Waals surface area contributed by atoms with E-state index in [1.54, 1.807) is 18.5 Å². The number of anilines is 1. The van der Waals surface area contributed by atoms with Crippen molar-refractivity contribution in [1.82, 2.24) is 9.97 Å². The summed E-state index contributed by atoms with van der Waals surface area (Å²) in [5, 5.41) is 0.566. The van der Waals surface area contributed by atoms with E-state index in [1.165, 1.54) is 0 Å². The van der Waals surface area contributed by atoms with Gasteiger partial charge in [0.25, 0.3) is 0 Å². The Morgan fingerprint density at radius 1 is 1.21 bits per heavy atom. The standard InChI is InChI=1S/C10H8ClN3/c11-8-5-10(12)14-6-7(8)9-3-1-2-4-13-9/h1-6H,(H2,12,14). The lowest BCUT2D eigenvalue weighted by Gasteiger charge is -2.02. The fourth-order valence-electron chi connectivity index (χ4n) is 1.16. The van der Waals surface area contributed by atoms with Gasteiger partial charge in [0.15, 0.2) is 0 Å². The molecule has 0 aromatic carbocycles. The minimum atomic E-state index is 0.412. The summed E-state index contributed by atoms with van der Waals surface area (Å²) in [5.41, 5.74) is 7.08.